The fourth-order valence-electron chi connectivity index (χ4n) is 5.42. The van der Waals surface area contributed by atoms with Gasteiger partial charge in [-0.3, -0.25) is 9.69 Å². The Labute approximate surface area is 274 Å². The van der Waals surface area contributed by atoms with Crippen molar-refractivity contribution in [1.82, 2.24) is 4.90 Å². The second-order valence-electron chi connectivity index (χ2n) is 14.1. The van der Waals surface area contributed by atoms with Gasteiger partial charge in [0.25, 0.3) is 5.76 Å². The number of benzene rings is 3. The molecule has 4 aromatic rings. The van der Waals surface area contributed by atoms with Crippen LogP contribution < -0.4 is 14.9 Å². The molecule has 0 aliphatic rings. The van der Waals surface area contributed by atoms with E-state index in [0.717, 1.165) is 16.7 Å². The van der Waals surface area contributed by atoms with Crippen molar-refractivity contribution in [2.75, 3.05) is 13.1 Å². The van der Waals surface area contributed by atoms with Crippen LogP contribution in [0.1, 0.15) is 86.8 Å². The predicted octanol–water partition coefficient (Wildman–Crippen LogP) is 9.85. The molecule has 0 aliphatic carbocycles. The van der Waals surface area contributed by atoms with Crippen molar-refractivity contribution in [3.8, 4) is 17.2 Å². The van der Waals surface area contributed by atoms with Gasteiger partial charge in [-0.05, 0) is 84.2 Å². The molecule has 0 unspecified atom stereocenters. The zero-order valence-corrected chi connectivity index (χ0v) is 28.6. The fourth-order valence-corrected chi connectivity index (χ4v) is 5.42. The van der Waals surface area contributed by atoms with Crippen molar-refractivity contribution < 1.29 is 31.9 Å². The molecule has 6 nitrogen and oxygen atoms in total. The molecule has 47 heavy (non-hydrogen) atoms. The lowest BCUT2D eigenvalue weighted by atomic mass is 9.87. The summed E-state index contributed by atoms with van der Waals surface area (Å²) in [5.74, 6) is -2.65. The molecule has 0 spiro atoms. The Kier molecular flexibility index (Phi) is 10.6. The number of ether oxygens (including phenoxy) is 2. The maximum Gasteiger partial charge on any atom is 0.453 e. The van der Waals surface area contributed by atoms with Gasteiger partial charge >= 0.3 is 12.1 Å². The average Bonchev–Trinajstić information content (AvgIpc) is 2.95. The molecule has 0 bridgehead atoms. The minimum Gasteiger partial charge on any atom is -0.449 e. The van der Waals surface area contributed by atoms with Gasteiger partial charge in [-0.15, -0.1) is 0 Å². The number of carbonyl (C=O) groups is 1. The second-order valence-corrected chi connectivity index (χ2v) is 14.1. The Morgan fingerprint density at radius 2 is 1.49 bits per heavy atom. The average molecular weight is 652 g/mol. The van der Waals surface area contributed by atoms with Gasteiger partial charge in [0.2, 0.25) is 11.2 Å². The van der Waals surface area contributed by atoms with E-state index in [9.17, 15) is 22.8 Å². The number of rotatable bonds is 10. The van der Waals surface area contributed by atoms with E-state index in [1.54, 1.807) is 31.2 Å². The van der Waals surface area contributed by atoms with E-state index >= 15 is 0 Å². The van der Waals surface area contributed by atoms with Crippen molar-refractivity contribution in [1.29, 1.82) is 0 Å². The normalized spacial score (nSPS) is 12.4. The molecule has 0 aliphatic heterocycles. The van der Waals surface area contributed by atoms with Crippen LogP contribution in [0, 0.1) is 25.7 Å². The highest BCUT2D eigenvalue weighted by molar-refractivity contribution is 5.92. The van der Waals surface area contributed by atoms with Gasteiger partial charge in [-0.2, -0.15) is 13.2 Å². The highest BCUT2D eigenvalue weighted by atomic mass is 19.4. The molecule has 9 heteroatoms. The lowest BCUT2D eigenvalue weighted by Gasteiger charge is -2.27. The molecule has 0 N–H and O–H groups in total. The minimum atomic E-state index is -5.06. The summed E-state index contributed by atoms with van der Waals surface area (Å²) in [5, 5.41) is -0.116. The first-order chi connectivity index (χ1) is 21.8. The van der Waals surface area contributed by atoms with Gasteiger partial charge in [0.05, 0.1) is 16.5 Å². The van der Waals surface area contributed by atoms with Crippen LogP contribution in [0.3, 0.4) is 0 Å². The van der Waals surface area contributed by atoms with E-state index in [-0.39, 0.29) is 57.4 Å². The topological polar surface area (TPSA) is 69.0 Å². The monoisotopic (exact) mass is 651 g/mol. The van der Waals surface area contributed by atoms with Crippen LogP contribution in [0.15, 0.2) is 63.8 Å². The first kappa shape index (κ1) is 35.7. The van der Waals surface area contributed by atoms with Gasteiger partial charge in [-0.25, -0.2) is 4.79 Å². The molecule has 0 amide bonds. The number of alkyl halides is 3. The first-order valence-corrected chi connectivity index (χ1v) is 15.8. The van der Waals surface area contributed by atoms with E-state index in [2.05, 4.69) is 25.7 Å². The van der Waals surface area contributed by atoms with Crippen LogP contribution in [-0.2, 0) is 18.1 Å². The second kappa shape index (κ2) is 13.9. The lowest BCUT2D eigenvalue weighted by molar-refractivity contribution is -0.154. The summed E-state index contributed by atoms with van der Waals surface area (Å²) in [6.45, 7) is 19.3. The quantitative estimate of drug-likeness (QED) is 0.126. The molecule has 0 fully saturated rings. The summed E-state index contributed by atoms with van der Waals surface area (Å²) in [4.78, 5) is 29.2. The summed E-state index contributed by atoms with van der Waals surface area (Å²) in [6.07, 6.45) is -5.06. The van der Waals surface area contributed by atoms with Crippen molar-refractivity contribution in [2.45, 2.75) is 80.4 Å². The molecule has 1 heterocycles. The Balaban J connectivity index is 1.90. The van der Waals surface area contributed by atoms with E-state index in [1.165, 1.54) is 18.2 Å². The summed E-state index contributed by atoms with van der Waals surface area (Å²) in [5.41, 5.74) is 1.77. The summed E-state index contributed by atoms with van der Waals surface area (Å²) < 4.78 is 60.8. The van der Waals surface area contributed by atoms with Crippen LogP contribution >= 0.6 is 0 Å². The molecule has 1 aromatic heterocycles. The number of nitrogens with zero attached hydrogens (tertiary/aromatic N) is 1. The zero-order chi connectivity index (χ0) is 34.8. The van der Waals surface area contributed by atoms with Gasteiger partial charge in [0.15, 0.2) is 0 Å². The minimum absolute atomic E-state index is 0.0130. The molecular formula is C38H44F3NO5. The summed E-state index contributed by atoms with van der Waals surface area (Å²) in [6, 6.07) is 14.5. The van der Waals surface area contributed by atoms with Gasteiger partial charge in [-0.1, -0.05) is 66.7 Å². The molecule has 4 rings (SSSR count). The number of aryl methyl sites for hydroxylation is 2. The van der Waals surface area contributed by atoms with Gasteiger partial charge in [0, 0.05) is 19.6 Å². The summed E-state index contributed by atoms with van der Waals surface area (Å²) >= 11 is 0. The highest BCUT2D eigenvalue weighted by Gasteiger charge is 2.41. The van der Waals surface area contributed by atoms with Crippen molar-refractivity contribution in [3.05, 3.63) is 98.4 Å². The van der Waals surface area contributed by atoms with E-state index in [1.807, 2.05) is 46.8 Å². The number of halogens is 3. The van der Waals surface area contributed by atoms with Crippen LogP contribution in [0.25, 0.3) is 11.0 Å². The van der Waals surface area contributed by atoms with Crippen LogP contribution in [-0.4, -0.2) is 24.0 Å². The van der Waals surface area contributed by atoms with Crippen molar-refractivity contribution >= 4 is 16.9 Å². The molecule has 0 saturated carbocycles. The van der Waals surface area contributed by atoms with Crippen molar-refractivity contribution in [3.63, 3.8) is 0 Å². The van der Waals surface area contributed by atoms with Crippen LogP contribution in [0.2, 0.25) is 0 Å². The molecule has 0 saturated heterocycles. The molecule has 252 valence electrons. The number of fused-ring (bicyclic) bond motifs is 1. The predicted molar refractivity (Wildman–Crippen MR) is 179 cm³/mol. The maximum atomic E-state index is 14.6. The van der Waals surface area contributed by atoms with Crippen LogP contribution in [0.4, 0.5) is 13.2 Å². The Hall–Kier alpha value is -4.11. The third-order valence-electron chi connectivity index (χ3n) is 7.85. The number of hydrogen-bond acceptors (Lipinski definition) is 6. The highest BCUT2D eigenvalue weighted by Crippen LogP contribution is 2.41. The molecule has 0 atom stereocenters. The Morgan fingerprint density at radius 1 is 0.872 bits per heavy atom. The molecule has 3 aromatic carbocycles. The number of hydrogen-bond donors (Lipinski definition) is 0. The molecule has 0 radical (unpaired) electrons. The van der Waals surface area contributed by atoms with Gasteiger partial charge < -0.3 is 13.9 Å². The zero-order valence-electron chi connectivity index (χ0n) is 28.6. The van der Waals surface area contributed by atoms with E-state index in [0.29, 0.717) is 13.1 Å². The van der Waals surface area contributed by atoms with E-state index in [4.69, 9.17) is 13.9 Å². The Bertz CT molecular complexity index is 1790. The SMILES string of the molecule is Cc1ccc(Oc2c(C(F)(F)F)oc3c(CN(CC(C)C)CC(C)C)c(OC(=O)c4ccc(C(C)(C)C)cc4)ccc3c2=O)cc1C. The number of esters is 1. The van der Waals surface area contributed by atoms with Crippen LogP contribution in [0.5, 0.6) is 17.2 Å². The number of carbonyl (C=O) groups excluding carboxylic acids is 1. The van der Waals surface area contributed by atoms with Crippen molar-refractivity contribution in [2.24, 2.45) is 11.8 Å². The van der Waals surface area contributed by atoms with E-state index < -0.39 is 29.1 Å². The standard InChI is InChI=1S/C38H44F3NO5/c1-22(2)19-42(20-23(3)4)21-30-31(46-36(44)26-11-13-27(14-12-26)37(7,8)9)17-16-29-32(43)34(35(38(39,40)41)47-33(29)30)45-28-15-10-24(5)25(6)18-28/h10-18,22-23H,19-21H2,1-9H3. The third-order valence-corrected chi connectivity index (χ3v) is 7.85. The maximum absolute atomic E-state index is 14.6. The molecular weight excluding hydrogens is 607 g/mol. The Morgan fingerprint density at radius 3 is 2.02 bits per heavy atom. The largest absolute Gasteiger partial charge is 0.453 e. The summed E-state index contributed by atoms with van der Waals surface area (Å²) in [7, 11) is 0. The lowest BCUT2D eigenvalue weighted by Crippen LogP contribution is -2.31. The first-order valence-electron chi connectivity index (χ1n) is 15.8. The van der Waals surface area contributed by atoms with Gasteiger partial charge in [0.1, 0.15) is 17.1 Å². The fraction of sp³-hybridized carbons (Fsp3) is 0.421. The smallest absolute Gasteiger partial charge is 0.449 e. The third kappa shape index (κ3) is 8.63.